The first-order valence-electron chi connectivity index (χ1n) is 7.96. The molecule has 116 valence electrons. The van der Waals surface area contributed by atoms with Crippen LogP contribution in [0.1, 0.15) is 43.7 Å². The van der Waals surface area contributed by atoms with Crippen molar-refractivity contribution in [2.24, 2.45) is 5.92 Å². The maximum atomic E-state index is 12.4. The van der Waals surface area contributed by atoms with Crippen molar-refractivity contribution >= 4 is 11.9 Å². The number of carbonyl (C=O) groups is 1. The molecule has 1 aromatic carbocycles. The van der Waals surface area contributed by atoms with Gasteiger partial charge >= 0.3 is 0 Å². The average molecular weight is 287 g/mol. The lowest BCUT2D eigenvalue weighted by Gasteiger charge is -2.18. The van der Waals surface area contributed by atoms with Crippen molar-refractivity contribution in [3.8, 4) is 0 Å². The fourth-order valence-corrected chi connectivity index (χ4v) is 2.40. The zero-order valence-electron chi connectivity index (χ0n) is 13.9. The van der Waals surface area contributed by atoms with Gasteiger partial charge in [-0.25, -0.2) is 0 Å². The van der Waals surface area contributed by atoms with E-state index >= 15 is 0 Å². The molecule has 0 bridgehead atoms. The fraction of sp³-hybridized carbons (Fsp3) is 0.526. The maximum Gasteiger partial charge on any atom is 0.160 e. The van der Waals surface area contributed by atoms with Crippen molar-refractivity contribution in [2.45, 2.75) is 39.5 Å². The molecule has 0 heterocycles. The summed E-state index contributed by atoms with van der Waals surface area (Å²) in [5.74, 6) is 0.369. The van der Waals surface area contributed by atoms with Gasteiger partial charge in [0.05, 0.1) is 0 Å². The van der Waals surface area contributed by atoms with Crippen LogP contribution >= 0.6 is 0 Å². The Hall–Kier alpha value is -1.41. The Bertz CT molecular complexity index is 445. The second-order valence-electron chi connectivity index (χ2n) is 6.10. The van der Waals surface area contributed by atoms with Crippen molar-refractivity contribution in [3.05, 3.63) is 41.5 Å². The Kier molecular flexibility index (Phi) is 7.99. The quantitative estimate of drug-likeness (QED) is 0.497. The minimum Gasteiger partial charge on any atom is -0.309 e. The van der Waals surface area contributed by atoms with Crippen LogP contribution in [0.5, 0.6) is 0 Å². The molecule has 0 aliphatic heterocycles. The first-order chi connectivity index (χ1) is 10.0. The normalized spacial score (nSPS) is 13.0. The van der Waals surface area contributed by atoms with Gasteiger partial charge in [-0.2, -0.15) is 0 Å². The molecule has 0 N–H and O–H groups in total. The van der Waals surface area contributed by atoms with Crippen LogP contribution in [-0.2, 0) is 4.79 Å². The second-order valence-corrected chi connectivity index (χ2v) is 6.10. The van der Waals surface area contributed by atoms with Crippen LogP contribution < -0.4 is 0 Å². The maximum absolute atomic E-state index is 12.4. The van der Waals surface area contributed by atoms with Gasteiger partial charge in [-0.3, -0.25) is 4.79 Å². The summed E-state index contributed by atoms with van der Waals surface area (Å²) in [6.45, 7) is 5.10. The highest BCUT2D eigenvalue weighted by molar-refractivity contribution is 5.95. The molecule has 1 rings (SSSR count). The molecule has 2 nitrogen and oxygen atoms in total. The second kappa shape index (κ2) is 9.51. The number of ketones is 1. The van der Waals surface area contributed by atoms with Crippen LogP contribution in [0.3, 0.4) is 0 Å². The van der Waals surface area contributed by atoms with Crippen LogP contribution in [0.2, 0.25) is 0 Å². The van der Waals surface area contributed by atoms with E-state index in [-0.39, 0.29) is 11.7 Å². The van der Waals surface area contributed by atoms with Crippen LogP contribution in [0, 0.1) is 12.8 Å². The molecular weight excluding hydrogens is 258 g/mol. The summed E-state index contributed by atoms with van der Waals surface area (Å²) in [6, 6.07) is 8.25. The summed E-state index contributed by atoms with van der Waals surface area (Å²) in [4.78, 5) is 14.5. The summed E-state index contributed by atoms with van der Waals surface area (Å²) in [5.41, 5.74) is 2.33. The van der Waals surface area contributed by atoms with Gasteiger partial charge in [0, 0.05) is 12.5 Å². The SMILES string of the molecule is CCCCCC(CN(C)C)C(=O)/C=C/c1ccc(C)cc1. The van der Waals surface area contributed by atoms with Crippen LogP contribution in [0.4, 0.5) is 0 Å². The lowest BCUT2D eigenvalue weighted by Crippen LogP contribution is -2.27. The van der Waals surface area contributed by atoms with E-state index in [1.165, 1.54) is 18.4 Å². The third-order valence-electron chi connectivity index (χ3n) is 3.66. The number of unbranched alkanes of at least 4 members (excludes halogenated alkanes) is 2. The first kappa shape index (κ1) is 17.6. The van der Waals surface area contributed by atoms with Crippen LogP contribution in [0.25, 0.3) is 6.08 Å². The van der Waals surface area contributed by atoms with Gasteiger partial charge in [-0.1, -0.05) is 62.1 Å². The van der Waals surface area contributed by atoms with E-state index in [0.717, 1.165) is 24.9 Å². The topological polar surface area (TPSA) is 20.3 Å². The van der Waals surface area contributed by atoms with Gasteiger partial charge in [0.15, 0.2) is 5.78 Å². The number of benzene rings is 1. The third-order valence-corrected chi connectivity index (χ3v) is 3.66. The molecule has 0 saturated carbocycles. The minimum absolute atomic E-state index is 0.119. The Morgan fingerprint density at radius 2 is 1.86 bits per heavy atom. The summed E-state index contributed by atoms with van der Waals surface area (Å²) in [6.07, 6.45) is 8.22. The van der Waals surface area contributed by atoms with Gasteiger partial charge in [0.2, 0.25) is 0 Å². The van der Waals surface area contributed by atoms with Crippen LogP contribution in [-0.4, -0.2) is 31.3 Å². The predicted molar refractivity (Wildman–Crippen MR) is 91.4 cm³/mol. The highest BCUT2D eigenvalue weighted by Crippen LogP contribution is 2.14. The van der Waals surface area contributed by atoms with E-state index in [2.05, 4.69) is 43.0 Å². The van der Waals surface area contributed by atoms with E-state index in [4.69, 9.17) is 0 Å². The molecule has 0 aliphatic rings. The zero-order chi connectivity index (χ0) is 15.7. The van der Waals surface area contributed by atoms with Crippen molar-refractivity contribution in [1.82, 2.24) is 4.90 Å². The van der Waals surface area contributed by atoms with E-state index in [1.54, 1.807) is 6.08 Å². The number of nitrogens with zero attached hydrogens (tertiary/aromatic N) is 1. The predicted octanol–water partition coefficient (Wildman–Crippen LogP) is 4.34. The highest BCUT2D eigenvalue weighted by Gasteiger charge is 2.16. The molecule has 1 atom stereocenters. The molecule has 0 spiro atoms. The number of aryl methyl sites for hydroxylation is 1. The smallest absolute Gasteiger partial charge is 0.160 e. The standard InChI is InChI=1S/C19H29NO/c1-5-6-7-8-18(15-20(3)4)19(21)14-13-17-11-9-16(2)10-12-17/h9-14,18H,5-8,15H2,1-4H3/b14-13+. The Labute approximate surface area is 129 Å². The molecule has 0 saturated heterocycles. The van der Waals surface area contributed by atoms with Crippen molar-refractivity contribution < 1.29 is 4.79 Å². The largest absolute Gasteiger partial charge is 0.309 e. The van der Waals surface area contributed by atoms with Crippen LogP contribution in [0.15, 0.2) is 30.3 Å². The number of rotatable bonds is 9. The molecule has 0 aliphatic carbocycles. The average Bonchev–Trinajstić information content (AvgIpc) is 2.45. The van der Waals surface area contributed by atoms with Crippen molar-refractivity contribution in [3.63, 3.8) is 0 Å². The highest BCUT2D eigenvalue weighted by atomic mass is 16.1. The summed E-state index contributed by atoms with van der Waals surface area (Å²) < 4.78 is 0. The lowest BCUT2D eigenvalue weighted by atomic mass is 9.95. The van der Waals surface area contributed by atoms with Gasteiger partial charge < -0.3 is 4.90 Å². The van der Waals surface area contributed by atoms with E-state index in [9.17, 15) is 4.79 Å². The molecule has 0 radical (unpaired) electrons. The molecule has 21 heavy (non-hydrogen) atoms. The fourth-order valence-electron chi connectivity index (χ4n) is 2.40. The minimum atomic E-state index is 0.119. The van der Waals surface area contributed by atoms with E-state index in [0.29, 0.717) is 0 Å². The summed E-state index contributed by atoms with van der Waals surface area (Å²) in [5, 5.41) is 0. The molecule has 0 aromatic heterocycles. The van der Waals surface area contributed by atoms with E-state index in [1.807, 2.05) is 20.2 Å². The molecule has 0 amide bonds. The number of hydrogen-bond donors (Lipinski definition) is 0. The summed E-state index contributed by atoms with van der Waals surface area (Å²) >= 11 is 0. The van der Waals surface area contributed by atoms with Gasteiger partial charge in [0.1, 0.15) is 0 Å². The lowest BCUT2D eigenvalue weighted by molar-refractivity contribution is -0.118. The van der Waals surface area contributed by atoms with Crippen molar-refractivity contribution in [1.29, 1.82) is 0 Å². The summed E-state index contributed by atoms with van der Waals surface area (Å²) in [7, 11) is 4.06. The number of allylic oxidation sites excluding steroid dienone is 1. The van der Waals surface area contributed by atoms with E-state index < -0.39 is 0 Å². The Morgan fingerprint density at radius 1 is 1.19 bits per heavy atom. The third kappa shape index (κ3) is 7.24. The monoisotopic (exact) mass is 287 g/mol. The zero-order valence-corrected chi connectivity index (χ0v) is 13.9. The number of hydrogen-bond acceptors (Lipinski definition) is 2. The van der Waals surface area contributed by atoms with Gasteiger partial charge in [-0.05, 0) is 39.1 Å². The Morgan fingerprint density at radius 3 is 2.43 bits per heavy atom. The molecule has 1 unspecified atom stereocenters. The molecule has 2 heteroatoms. The van der Waals surface area contributed by atoms with Gasteiger partial charge in [0.25, 0.3) is 0 Å². The number of carbonyl (C=O) groups excluding carboxylic acids is 1. The Balaban J connectivity index is 2.63. The molecule has 1 aromatic rings. The van der Waals surface area contributed by atoms with Gasteiger partial charge in [-0.15, -0.1) is 0 Å². The van der Waals surface area contributed by atoms with Crippen molar-refractivity contribution in [2.75, 3.05) is 20.6 Å². The molecule has 0 fully saturated rings. The first-order valence-corrected chi connectivity index (χ1v) is 7.96. The molecular formula is C19H29NO.